The Morgan fingerprint density at radius 3 is 2.71 bits per heavy atom. The fraction of sp³-hybridized carbons (Fsp3) is 0.538. The molecule has 0 aliphatic heterocycles. The van der Waals surface area contributed by atoms with Crippen molar-refractivity contribution < 1.29 is 4.74 Å². The molecule has 0 amide bonds. The molecule has 1 rings (SSSR count). The predicted octanol–water partition coefficient (Wildman–Crippen LogP) is 4.10. The van der Waals surface area contributed by atoms with Gasteiger partial charge in [-0.2, -0.15) is 0 Å². The summed E-state index contributed by atoms with van der Waals surface area (Å²) in [6.45, 7) is 7.51. The zero-order valence-electron chi connectivity index (χ0n) is 10.4. The maximum atomic E-state index is 6.20. The Bertz CT molecular complexity index is 346. The molecule has 17 heavy (non-hydrogen) atoms. The Morgan fingerprint density at radius 2 is 2.12 bits per heavy atom. The lowest BCUT2D eigenvalue weighted by Crippen LogP contribution is -2.28. The summed E-state index contributed by atoms with van der Waals surface area (Å²) in [5.41, 5.74) is 2.34. The van der Waals surface area contributed by atoms with Crippen LogP contribution in [-0.4, -0.2) is 26.3 Å². The summed E-state index contributed by atoms with van der Waals surface area (Å²) in [5, 5.41) is 1.59. The molecule has 0 unspecified atom stereocenters. The molecule has 0 bridgehead atoms. The largest absolute Gasteiger partial charge is 0.380 e. The van der Waals surface area contributed by atoms with Crippen LogP contribution in [-0.2, 0) is 10.1 Å². The fourth-order valence-electron chi connectivity index (χ4n) is 1.74. The molecule has 96 valence electrons. The van der Waals surface area contributed by atoms with Crippen molar-refractivity contribution in [1.29, 1.82) is 0 Å². The molecule has 0 saturated heterocycles. The van der Waals surface area contributed by atoms with E-state index in [1.807, 2.05) is 19.1 Å². The molecule has 0 aliphatic rings. The van der Waals surface area contributed by atoms with E-state index in [4.69, 9.17) is 16.3 Å². The van der Waals surface area contributed by atoms with E-state index in [9.17, 15) is 0 Å². The summed E-state index contributed by atoms with van der Waals surface area (Å²) in [6.07, 6.45) is 0. The molecule has 0 N–H and O–H groups in total. The lowest BCUT2D eigenvalue weighted by molar-refractivity contribution is 0.154. The summed E-state index contributed by atoms with van der Waals surface area (Å²) in [6, 6.07) is 6.03. The van der Waals surface area contributed by atoms with Crippen LogP contribution in [0.2, 0.25) is 5.02 Å². The van der Waals surface area contributed by atoms with Crippen LogP contribution >= 0.6 is 27.5 Å². The van der Waals surface area contributed by atoms with E-state index in [2.05, 4.69) is 33.8 Å². The molecular weight excluding hydrogens is 302 g/mol. The normalized spacial score (nSPS) is 10.6. The van der Waals surface area contributed by atoms with Crippen molar-refractivity contribution in [2.24, 2.45) is 0 Å². The number of hydrogen-bond acceptors (Lipinski definition) is 2. The van der Waals surface area contributed by atoms with Crippen molar-refractivity contribution in [2.45, 2.75) is 19.2 Å². The van der Waals surface area contributed by atoms with Gasteiger partial charge in [0.15, 0.2) is 0 Å². The molecule has 1 aromatic rings. The summed E-state index contributed by atoms with van der Waals surface area (Å²) in [5.74, 6) is 0. The van der Waals surface area contributed by atoms with Gasteiger partial charge >= 0.3 is 0 Å². The van der Waals surface area contributed by atoms with E-state index < -0.39 is 0 Å². The quantitative estimate of drug-likeness (QED) is 0.554. The van der Waals surface area contributed by atoms with E-state index in [1.54, 1.807) is 0 Å². The van der Waals surface area contributed by atoms with E-state index in [1.165, 1.54) is 5.69 Å². The van der Waals surface area contributed by atoms with Crippen molar-refractivity contribution in [1.82, 2.24) is 0 Å². The van der Waals surface area contributed by atoms with Crippen molar-refractivity contribution >= 4 is 33.2 Å². The second kappa shape index (κ2) is 7.96. The van der Waals surface area contributed by atoms with Gasteiger partial charge in [-0.1, -0.05) is 33.6 Å². The van der Waals surface area contributed by atoms with Crippen LogP contribution in [0.1, 0.15) is 19.4 Å². The first-order valence-corrected chi connectivity index (χ1v) is 7.40. The van der Waals surface area contributed by atoms with E-state index in [-0.39, 0.29) is 0 Å². The standard InChI is InChI=1S/C13H19BrClNO/c1-3-16(8-9-17-4-2)13-7-5-6-12(15)11(13)10-14/h5-7H,3-4,8-10H2,1-2H3. The number of rotatable bonds is 7. The van der Waals surface area contributed by atoms with Gasteiger partial charge in [0.25, 0.3) is 0 Å². The molecule has 0 fully saturated rings. The molecule has 0 atom stereocenters. The number of nitrogens with zero attached hydrogens (tertiary/aromatic N) is 1. The third kappa shape index (κ3) is 4.16. The first kappa shape index (κ1) is 14.8. The topological polar surface area (TPSA) is 12.5 Å². The number of alkyl halides is 1. The highest BCUT2D eigenvalue weighted by Crippen LogP contribution is 2.29. The Labute approximate surface area is 117 Å². The number of likely N-dealkylation sites (N-methyl/N-ethyl adjacent to an activating group) is 1. The highest BCUT2D eigenvalue weighted by atomic mass is 79.9. The van der Waals surface area contributed by atoms with Gasteiger partial charge in [-0.05, 0) is 26.0 Å². The number of halogens is 2. The molecule has 0 aliphatic carbocycles. The van der Waals surface area contributed by atoms with Gasteiger partial charge in [0.05, 0.1) is 6.61 Å². The van der Waals surface area contributed by atoms with Gasteiger partial charge in [-0.3, -0.25) is 0 Å². The van der Waals surface area contributed by atoms with Crippen LogP contribution in [0, 0.1) is 0 Å². The Kier molecular flexibility index (Phi) is 6.93. The van der Waals surface area contributed by atoms with Crippen LogP contribution in [0.15, 0.2) is 18.2 Å². The minimum atomic E-state index is 0.749. The number of benzene rings is 1. The predicted molar refractivity (Wildman–Crippen MR) is 78.5 cm³/mol. The minimum absolute atomic E-state index is 0.749. The summed E-state index contributed by atoms with van der Waals surface area (Å²) in [7, 11) is 0. The summed E-state index contributed by atoms with van der Waals surface area (Å²) < 4.78 is 5.40. The van der Waals surface area contributed by atoms with Crippen molar-refractivity contribution in [2.75, 3.05) is 31.2 Å². The number of hydrogen-bond donors (Lipinski definition) is 0. The first-order chi connectivity index (χ1) is 8.24. The van der Waals surface area contributed by atoms with Crippen molar-refractivity contribution in [3.05, 3.63) is 28.8 Å². The van der Waals surface area contributed by atoms with Crippen LogP contribution < -0.4 is 4.90 Å². The Hall–Kier alpha value is -0.250. The van der Waals surface area contributed by atoms with Gasteiger partial charge in [-0.25, -0.2) is 0 Å². The zero-order chi connectivity index (χ0) is 12.7. The lowest BCUT2D eigenvalue weighted by atomic mass is 10.2. The van der Waals surface area contributed by atoms with Crippen LogP contribution in [0.3, 0.4) is 0 Å². The molecule has 2 nitrogen and oxygen atoms in total. The van der Waals surface area contributed by atoms with E-state index >= 15 is 0 Å². The maximum Gasteiger partial charge on any atom is 0.0641 e. The molecule has 0 heterocycles. The molecule has 0 spiro atoms. The van der Waals surface area contributed by atoms with Gasteiger partial charge in [0, 0.05) is 41.3 Å². The zero-order valence-corrected chi connectivity index (χ0v) is 12.7. The monoisotopic (exact) mass is 319 g/mol. The Balaban J connectivity index is 2.83. The summed E-state index contributed by atoms with van der Waals surface area (Å²) >= 11 is 9.70. The lowest BCUT2D eigenvalue weighted by Gasteiger charge is -2.25. The van der Waals surface area contributed by atoms with Crippen LogP contribution in [0.4, 0.5) is 5.69 Å². The highest BCUT2D eigenvalue weighted by Gasteiger charge is 2.11. The fourth-order valence-corrected chi connectivity index (χ4v) is 2.73. The third-order valence-corrected chi connectivity index (χ3v) is 3.57. The Morgan fingerprint density at radius 1 is 1.35 bits per heavy atom. The van der Waals surface area contributed by atoms with Crippen LogP contribution in [0.5, 0.6) is 0 Å². The SMILES string of the molecule is CCOCCN(CC)c1cccc(Cl)c1CBr. The van der Waals surface area contributed by atoms with Crippen LogP contribution in [0.25, 0.3) is 0 Å². The molecular formula is C13H19BrClNO. The first-order valence-electron chi connectivity index (χ1n) is 5.90. The van der Waals surface area contributed by atoms with E-state index in [0.717, 1.165) is 42.2 Å². The smallest absolute Gasteiger partial charge is 0.0641 e. The van der Waals surface area contributed by atoms with Crippen molar-refractivity contribution in [3.8, 4) is 0 Å². The highest BCUT2D eigenvalue weighted by molar-refractivity contribution is 9.08. The van der Waals surface area contributed by atoms with Gasteiger partial charge in [0.2, 0.25) is 0 Å². The van der Waals surface area contributed by atoms with E-state index in [0.29, 0.717) is 0 Å². The van der Waals surface area contributed by atoms with Gasteiger partial charge < -0.3 is 9.64 Å². The average Bonchev–Trinajstić information content (AvgIpc) is 2.34. The number of ether oxygens (including phenoxy) is 1. The molecule has 4 heteroatoms. The molecule has 1 aromatic carbocycles. The number of anilines is 1. The summed E-state index contributed by atoms with van der Waals surface area (Å²) in [4.78, 5) is 2.29. The molecule has 0 aromatic heterocycles. The second-order valence-corrected chi connectivity index (χ2v) is 4.62. The van der Waals surface area contributed by atoms with Gasteiger partial charge in [0.1, 0.15) is 0 Å². The average molecular weight is 321 g/mol. The molecule has 0 radical (unpaired) electrons. The second-order valence-electron chi connectivity index (χ2n) is 3.65. The maximum absolute atomic E-state index is 6.20. The minimum Gasteiger partial charge on any atom is -0.380 e. The third-order valence-electron chi connectivity index (χ3n) is 2.66. The van der Waals surface area contributed by atoms with Crippen molar-refractivity contribution in [3.63, 3.8) is 0 Å². The van der Waals surface area contributed by atoms with Gasteiger partial charge in [-0.15, -0.1) is 0 Å². The molecule has 0 saturated carbocycles.